The van der Waals surface area contributed by atoms with Gasteiger partial charge in [0.05, 0.1) is 0 Å². The number of benzene rings is 2. The van der Waals surface area contributed by atoms with Gasteiger partial charge in [0, 0.05) is 11.6 Å². The van der Waals surface area contributed by atoms with Crippen molar-refractivity contribution in [2.24, 2.45) is 0 Å². The van der Waals surface area contributed by atoms with Crippen molar-refractivity contribution in [3.05, 3.63) is 70.8 Å². The first-order valence-corrected chi connectivity index (χ1v) is 7.34. The number of hydrogen-bond donors (Lipinski definition) is 1. The van der Waals surface area contributed by atoms with E-state index in [1.807, 2.05) is 13.8 Å². The smallest absolute Gasteiger partial charge is 0.163 e. The average molecular weight is 289 g/mol. The minimum atomic E-state index is -0.786. The number of hydrogen-bond acceptors (Lipinski definition) is 1. The fourth-order valence-electron chi connectivity index (χ4n) is 2.47. The first-order valence-electron chi connectivity index (χ1n) is 7.34. The Labute approximate surface area is 125 Å². The molecule has 2 aromatic rings. The highest BCUT2D eigenvalue weighted by atomic mass is 19.2. The molecule has 0 heterocycles. The summed E-state index contributed by atoms with van der Waals surface area (Å²) >= 11 is 0. The Morgan fingerprint density at radius 2 is 1.76 bits per heavy atom. The van der Waals surface area contributed by atoms with Gasteiger partial charge in [-0.2, -0.15) is 0 Å². The predicted molar refractivity (Wildman–Crippen MR) is 82.3 cm³/mol. The first-order chi connectivity index (χ1) is 10.1. The number of nitrogens with one attached hydrogen (secondary N) is 1. The quantitative estimate of drug-likeness (QED) is 0.822. The summed E-state index contributed by atoms with van der Waals surface area (Å²) in [5.41, 5.74) is 2.84. The van der Waals surface area contributed by atoms with Gasteiger partial charge in [-0.05, 0) is 37.9 Å². The zero-order chi connectivity index (χ0) is 15.2. The van der Waals surface area contributed by atoms with Gasteiger partial charge in [-0.25, -0.2) is 8.78 Å². The molecule has 1 unspecified atom stereocenters. The van der Waals surface area contributed by atoms with Crippen LogP contribution >= 0.6 is 0 Å². The summed E-state index contributed by atoms with van der Waals surface area (Å²) in [5, 5.41) is 3.24. The van der Waals surface area contributed by atoms with Crippen LogP contribution in [0.5, 0.6) is 0 Å². The van der Waals surface area contributed by atoms with Gasteiger partial charge in [0.25, 0.3) is 0 Å². The summed E-state index contributed by atoms with van der Waals surface area (Å²) < 4.78 is 27.3. The highest BCUT2D eigenvalue weighted by molar-refractivity contribution is 5.24. The van der Waals surface area contributed by atoms with E-state index < -0.39 is 11.6 Å². The van der Waals surface area contributed by atoms with E-state index in [0.717, 1.165) is 18.9 Å². The lowest BCUT2D eigenvalue weighted by atomic mass is 9.98. The van der Waals surface area contributed by atoms with Crippen molar-refractivity contribution in [1.82, 2.24) is 5.32 Å². The summed E-state index contributed by atoms with van der Waals surface area (Å²) in [6.07, 6.45) is 1.56. The molecule has 0 saturated carbocycles. The van der Waals surface area contributed by atoms with E-state index in [1.165, 1.54) is 11.1 Å². The van der Waals surface area contributed by atoms with Gasteiger partial charge in [-0.15, -0.1) is 0 Å². The normalized spacial score (nSPS) is 12.4. The molecule has 0 aliphatic carbocycles. The van der Waals surface area contributed by atoms with E-state index in [0.29, 0.717) is 12.1 Å². The highest BCUT2D eigenvalue weighted by Crippen LogP contribution is 2.23. The van der Waals surface area contributed by atoms with Gasteiger partial charge < -0.3 is 5.32 Å². The van der Waals surface area contributed by atoms with Gasteiger partial charge in [-0.3, -0.25) is 0 Å². The van der Waals surface area contributed by atoms with Crippen LogP contribution in [0.4, 0.5) is 8.78 Å². The SMILES string of the molecule is CCNC(CCc1ccc(C)cc1)c1cccc(F)c1F. The molecule has 1 nitrogen and oxygen atoms in total. The van der Waals surface area contributed by atoms with Gasteiger partial charge in [0.2, 0.25) is 0 Å². The Hall–Kier alpha value is -1.74. The third-order valence-electron chi connectivity index (χ3n) is 3.65. The molecule has 0 spiro atoms. The maximum absolute atomic E-state index is 13.9. The van der Waals surface area contributed by atoms with Crippen LogP contribution in [0.2, 0.25) is 0 Å². The Bertz CT molecular complexity index is 578. The molecule has 0 radical (unpaired) electrons. The molecule has 1 N–H and O–H groups in total. The predicted octanol–water partition coefficient (Wildman–Crippen LogP) is 4.56. The summed E-state index contributed by atoms with van der Waals surface area (Å²) in [6, 6.07) is 12.5. The van der Waals surface area contributed by atoms with Gasteiger partial charge in [-0.1, -0.05) is 48.9 Å². The van der Waals surface area contributed by atoms with Crippen LogP contribution in [-0.2, 0) is 6.42 Å². The zero-order valence-electron chi connectivity index (χ0n) is 12.5. The lowest BCUT2D eigenvalue weighted by Crippen LogP contribution is -2.23. The molecule has 2 rings (SSSR count). The molecule has 0 aromatic heterocycles. The van der Waals surface area contributed by atoms with Gasteiger partial charge in [0.15, 0.2) is 11.6 Å². The summed E-state index contributed by atoms with van der Waals surface area (Å²) in [7, 11) is 0. The topological polar surface area (TPSA) is 12.0 Å². The minimum Gasteiger partial charge on any atom is -0.310 e. The van der Waals surface area contributed by atoms with Crippen molar-refractivity contribution >= 4 is 0 Å². The molecule has 0 bridgehead atoms. The van der Waals surface area contributed by atoms with Crippen molar-refractivity contribution in [2.75, 3.05) is 6.54 Å². The molecule has 3 heteroatoms. The van der Waals surface area contributed by atoms with Crippen molar-refractivity contribution < 1.29 is 8.78 Å². The van der Waals surface area contributed by atoms with E-state index >= 15 is 0 Å². The Morgan fingerprint density at radius 1 is 1.05 bits per heavy atom. The standard InChI is InChI=1S/C18H21F2N/c1-3-21-17(15-5-4-6-16(19)18(15)20)12-11-14-9-7-13(2)8-10-14/h4-10,17,21H,3,11-12H2,1-2H3. The van der Waals surface area contributed by atoms with Crippen molar-refractivity contribution in [1.29, 1.82) is 0 Å². The monoisotopic (exact) mass is 289 g/mol. The van der Waals surface area contributed by atoms with E-state index in [-0.39, 0.29) is 6.04 Å². The van der Waals surface area contributed by atoms with Crippen LogP contribution < -0.4 is 5.32 Å². The molecule has 112 valence electrons. The molecule has 0 aliphatic heterocycles. The van der Waals surface area contributed by atoms with Crippen molar-refractivity contribution in [2.45, 2.75) is 32.7 Å². The third-order valence-corrected chi connectivity index (χ3v) is 3.65. The molecular weight excluding hydrogens is 268 g/mol. The van der Waals surface area contributed by atoms with Crippen LogP contribution in [0.25, 0.3) is 0 Å². The van der Waals surface area contributed by atoms with E-state index in [9.17, 15) is 8.78 Å². The van der Waals surface area contributed by atoms with Crippen LogP contribution in [0.3, 0.4) is 0 Å². The maximum Gasteiger partial charge on any atom is 0.163 e. The average Bonchev–Trinajstić information content (AvgIpc) is 2.48. The Morgan fingerprint density at radius 3 is 2.43 bits per heavy atom. The largest absolute Gasteiger partial charge is 0.310 e. The lowest BCUT2D eigenvalue weighted by Gasteiger charge is -2.19. The molecule has 0 amide bonds. The fourth-order valence-corrected chi connectivity index (χ4v) is 2.47. The molecule has 2 aromatic carbocycles. The second-order valence-electron chi connectivity index (χ2n) is 5.28. The van der Waals surface area contributed by atoms with Gasteiger partial charge in [0.1, 0.15) is 0 Å². The van der Waals surface area contributed by atoms with E-state index in [2.05, 4.69) is 29.6 Å². The summed E-state index contributed by atoms with van der Waals surface area (Å²) in [4.78, 5) is 0. The molecule has 0 saturated heterocycles. The highest BCUT2D eigenvalue weighted by Gasteiger charge is 2.17. The molecule has 0 aliphatic rings. The first kappa shape index (κ1) is 15.6. The number of rotatable bonds is 6. The van der Waals surface area contributed by atoms with Gasteiger partial charge >= 0.3 is 0 Å². The molecule has 21 heavy (non-hydrogen) atoms. The van der Waals surface area contributed by atoms with Crippen LogP contribution in [0, 0.1) is 18.6 Å². The second-order valence-corrected chi connectivity index (χ2v) is 5.28. The minimum absolute atomic E-state index is 0.174. The van der Waals surface area contributed by atoms with Crippen molar-refractivity contribution in [3.63, 3.8) is 0 Å². The molecular formula is C18H21F2N. The molecule has 0 fully saturated rings. The number of halogens is 2. The van der Waals surface area contributed by atoms with Crippen LogP contribution in [0.1, 0.15) is 36.1 Å². The van der Waals surface area contributed by atoms with Crippen molar-refractivity contribution in [3.8, 4) is 0 Å². The maximum atomic E-state index is 13.9. The Balaban J connectivity index is 2.12. The fraction of sp³-hybridized carbons (Fsp3) is 0.333. The second kappa shape index (κ2) is 7.32. The summed E-state index contributed by atoms with van der Waals surface area (Å²) in [5.74, 6) is -1.53. The zero-order valence-corrected chi connectivity index (χ0v) is 12.5. The third kappa shape index (κ3) is 4.11. The van der Waals surface area contributed by atoms with Crippen LogP contribution in [0.15, 0.2) is 42.5 Å². The van der Waals surface area contributed by atoms with Crippen LogP contribution in [-0.4, -0.2) is 6.54 Å². The Kier molecular flexibility index (Phi) is 5.45. The summed E-state index contributed by atoms with van der Waals surface area (Å²) in [6.45, 7) is 4.73. The lowest BCUT2D eigenvalue weighted by molar-refractivity contribution is 0.452. The molecule has 1 atom stereocenters. The number of aryl methyl sites for hydroxylation is 2. The van der Waals surface area contributed by atoms with E-state index in [4.69, 9.17) is 0 Å². The van der Waals surface area contributed by atoms with E-state index in [1.54, 1.807) is 12.1 Å².